The highest BCUT2D eigenvalue weighted by Gasteiger charge is 2.36. The molecule has 0 bridgehead atoms. The predicted octanol–water partition coefficient (Wildman–Crippen LogP) is 2.89. The number of carbonyl (C=O) groups excluding carboxylic acids is 1. The van der Waals surface area contributed by atoms with Gasteiger partial charge in [0.05, 0.1) is 5.56 Å². The molecule has 2 N–H and O–H groups in total. The van der Waals surface area contributed by atoms with Gasteiger partial charge in [-0.05, 0) is 49.8 Å². The quantitative estimate of drug-likeness (QED) is 0.775. The summed E-state index contributed by atoms with van der Waals surface area (Å²) in [5, 5.41) is 19.4. The fourth-order valence-electron chi connectivity index (χ4n) is 3.73. The second-order valence-corrected chi connectivity index (χ2v) is 5.95. The highest BCUT2D eigenvalue weighted by molar-refractivity contribution is 5.97. The zero-order valence-corrected chi connectivity index (χ0v) is 11.6. The number of nitrogens with zero attached hydrogens (tertiary/aromatic N) is 1. The number of hydrogen-bond acceptors (Lipinski definition) is 3. The van der Waals surface area contributed by atoms with Crippen molar-refractivity contribution >= 4 is 5.91 Å². The normalized spacial score (nSPS) is 26.1. The van der Waals surface area contributed by atoms with Crippen LogP contribution in [0.2, 0.25) is 0 Å². The van der Waals surface area contributed by atoms with Crippen molar-refractivity contribution in [1.82, 2.24) is 4.90 Å². The number of aromatic hydroxyl groups is 2. The topological polar surface area (TPSA) is 60.8 Å². The highest BCUT2D eigenvalue weighted by atomic mass is 16.3. The number of amides is 1. The molecule has 3 rings (SSSR count). The monoisotopic (exact) mass is 275 g/mol. The van der Waals surface area contributed by atoms with E-state index in [1.807, 2.05) is 4.90 Å². The van der Waals surface area contributed by atoms with Crippen LogP contribution in [-0.2, 0) is 0 Å². The first-order valence-electron chi connectivity index (χ1n) is 7.50. The van der Waals surface area contributed by atoms with Crippen molar-refractivity contribution in [2.24, 2.45) is 5.92 Å². The highest BCUT2D eigenvalue weighted by Crippen LogP contribution is 2.36. The van der Waals surface area contributed by atoms with Crippen LogP contribution < -0.4 is 0 Å². The molecule has 0 unspecified atom stereocenters. The van der Waals surface area contributed by atoms with Crippen LogP contribution in [0.5, 0.6) is 11.5 Å². The summed E-state index contributed by atoms with van der Waals surface area (Å²) in [6.07, 6.45) is 6.96. The molecule has 1 aliphatic carbocycles. The Kier molecular flexibility index (Phi) is 3.55. The molecule has 1 saturated heterocycles. The molecule has 0 aromatic heterocycles. The summed E-state index contributed by atoms with van der Waals surface area (Å²) in [5.74, 6) is 0.435. The lowest BCUT2D eigenvalue weighted by molar-refractivity contribution is 0.0388. The van der Waals surface area contributed by atoms with Gasteiger partial charge in [-0.2, -0.15) is 0 Å². The summed E-state index contributed by atoms with van der Waals surface area (Å²) in [6, 6.07) is 4.45. The summed E-state index contributed by atoms with van der Waals surface area (Å²) < 4.78 is 0. The number of fused-ring (bicyclic) bond motifs is 1. The number of hydrogen-bond donors (Lipinski definition) is 2. The van der Waals surface area contributed by atoms with Crippen LogP contribution in [0, 0.1) is 5.92 Å². The van der Waals surface area contributed by atoms with E-state index < -0.39 is 0 Å². The molecule has 0 spiro atoms. The Labute approximate surface area is 119 Å². The van der Waals surface area contributed by atoms with Gasteiger partial charge in [0.2, 0.25) is 0 Å². The lowest BCUT2D eigenvalue weighted by Gasteiger charge is -2.44. The van der Waals surface area contributed by atoms with Gasteiger partial charge in [0, 0.05) is 12.6 Å². The lowest BCUT2D eigenvalue weighted by atomic mass is 9.78. The molecule has 2 aliphatic rings. The Hall–Kier alpha value is -1.71. The van der Waals surface area contributed by atoms with E-state index in [0.717, 1.165) is 19.4 Å². The van der Waals surface area contributed by atoms with Crippen molar-refractivity contribution in [1.29, 1.82) is 0 Å². The fourth-order valence-corrected chi connectivity index (χ4v) is 3.73. The van der Waals surface area contributed by atoms with Crippen LogP contribution >= 0.6 is 0 Å². The van der Waals surface area contributed by atoms with Gasteiger partial charge < -0.3 is 15.1 Å². The molecular weight excluding hydrogens is 254 g/mol. The average Bonchev–Trinajstić information content (AvgIpc) is 2.48. The van der Waals surface area contributed by atoms with E-state index in [2.05, 4.69) is 0 Å². The van der Waals surface area contributed by atoms with E-state index in [1.165, 1.54) is 43.9 Å². The van der Waals surface area contributed by atoms with Crippen molar-refractivity contribution < 1.29 is 15.0 Å². The molecule has 4 heteroatoms. The lowest BCUT2D eigenvalue weighted by Crippen LogP contribution is -2.49. The molecule has 1 amide bonds. The van der Waals surface area contributed by atoms with Crippen molar-refractivity contribution in [3.8, 4) is 11.5 Å². The van der Waals surface area contributed by atoms with Gasteiger partial charge in [-0.1, -0.05) is 12.8 Å². The maximum Gasteiger partial charge on any atom is 0.258 e. The first-order valence-corrected chi connectivity index (χ1v) is 7.50. The number of carbonyl (C=O) groups is 1. The number of likely N-dealkylation sites (tertiary alicyclic amines) is 1. The molecule has 1 aliphatic heterocycles. The molecule has 1 aromatic carbocycles. The van der Waals surface area contributed by atoms with Crippen LogP contribution in [0.4, 0.5) is 0 Å². The van der Waals surface area contributed by atoms with E-state index in [-0.39, 0.29) is 23.0 Å². The average molecular weight is 275 g/mol. The number of rotatable bonds is 1. The van der Waals surface area contributed by atoms with Crippen LogP contribution in [0.15, 0.2) is 18.2 Å². The smallest absolute Gasteiger partial charge is 0.258 e. The maximum atomic E-state index is 12.7. The summed E-state index contributed by atoms with van der Waals surface area (Å²) in [7, 11) is 0. The van der Waals surface area contributed by atoms with Gasteiger partial charge in [0.25, 0.3) is 5.91 Å². The maximum absolute atomic E-state index is 12.7. The Morgan fingerprint density at radius 3 is 2.70 bits per heavy atom. The van der Waals surface area contributed by atoms with Gasteiger partial charge in [0.15, 0.2) is 0 Å². The number of phenolic OH excluding ortho intramolecular Hbond substituents is 2. The third-order valence-corrected chi connectivity index (χ3v) is 4.71. The van der Waals surface area contributed by atoms with Crippen molar-refractivity contribution in [2.75, 3.05) is 6.54 Å². The molecule has 2 atom stereocenters. The summed E-state index contributed by atoms with van der Waals surface area (Å²) >= 11 is 0. The predicted molar refractivity (Wildman–Crippen MR) is 75.8 cm³/mol. The largest absolute Gasteiger partial charge is 0.508 e. The Morgan fingerprint density at radius 1 is 1.10 bits per heavy atom. The standard InChI is InChI=1S/C16H21NO3/c18-12-7-8-15(19)13(10-12)16(20)17-9-3-5-11-4-1-2-6-14(11)17/h7-8,10-11,14,18-19H,1-6,9H2/t11-,14-/m1/s1. The van der Waals surface area contributed by atoms with E-state index >= 15 is 0 Å². The minimum Gasteiger partial charge on any atom is -0.508 e. The summed E-state index contributed by atoms with van der Waals surface area (Å²) in [5.41, 5.74) is 0.219. The van der Waals surface area contributed by atoms with E-state index in [1.54, 1.807) is 0 Å². The number of piperidine rings is 1. The third kappa shape index (κ3) is 2.35. The van der Waals surface area contributed by atoms with Gasteiger partial charge in [-0.3, -0.25) is 4.79 Å². The van der Waals surface area contributed by atoms with E-state index in [0.29, 0.717) is 12.0 Å². The van der Waals surface area contributed by atoms with Crippen LogP contribution in [0.25, 0.3) is 0 Å². The number of benzene rings is 1. The molecule has 2 fully saturated rings. The minimum atomic E-state index is -0.144. The van der Waals surface area contributed by atoms with E-state index in [9.17, 15) is 15.0 Å². The Bertz CT molecular complexity index is 512. The van der Waals surface area contributed by atoms with Gasteiger partial charge in [-0.25, -0.2) is 0 Å². The first kappa shape index (κ1) is 13.3. The zero-order chi connectivity index (χ0) is 14.1. The zero-order valence-electron chi connectivity index (χ0n) is 11.6. The van der Waals surface area contributed by atoms with Gasteiger partial charge in [0.1, 0.15) is 11.5 Å². The molecule has 1 saturated carbocycles. The van der Waals surface area contributed by atoms with Gasteiger partial charge in [-0.15, -0.1) is 0 Å². The third-order valence-electron chi connectivity index (χ3n) is 4.71. The van der Waals surface area contributed by atoms with Crippen molar-refractivity contribution in [3.05, 3.63) is 23.8 Å². The van der Waals surface area contributed by atoms with Crippen LogP contribution in [0.3, 0.4) is 0 Å². The Balaban J connectivity index is 1.87. The van der Waals surface area contributed by atoms with Crippen LogP contribution in [0.1, 0.15) is 48.9 Å². The molecular formula is C16H21NO3. The Morgan fingerprint density at radius 2 is 1.85 bits per heavy atom. The second-order valence-electron chi connectivity index (χ2n) is 5.95. The van der Waals surface area contributed by atoms with Crippen molar-refractivity contribution in [2.45, 2.75) is 44.6 Å². The second kappa shape index (κ2) is 5.35. The summed E-state index contributed by atoms with van der Waals surface area (Å²) in [6.45, 7) is 0.759. The molecule has 20 heavy (non-hydrogen) atoms. The number of phenols is 2. The van der Waals surface area contributed by atoms with Crippen molar-refractivity contribution in [3.63, 3.8) is 0 Å². The van der Waals surface area contributed by atoms with Gasteiger partial charge >= 0.3 is 0 Å². The summed E-state index contributed by atoms with van der Waals surface area (Å²) in [4.78, 5) is 14.6. The first-order chi connectivity index (χ1) is 9.66. The molecule has 4 nitrogen and oxygen atoms in total. The molecule has 1 aromatic rings. The molecule has 1 heterocycles. The molecule has 108 valence electrons. The SMILES string of the molecule is O=C(c1cc(O)ccc1O)N1CCC[C@H]2CCCC[C@H]21. The van der Waals surface area contributed by atoms with Crippen LogP contribution in [-0.4, -0.2) is 33.6 Å². The fraction of sp³-hybridized carbons (Fsp3) is 0.562. The minimum absolute atomic E-state index is 0.0170. The van der Waals surface area contributed by atoms with E-state index in [4.69, 9.17) is 0 Å². The molecule has 0 radical (unpaired) electrons.